The van der Waals surface area contributed by atoms with E-state index in [1.54, 1.807) is 32.4 Å². The summed E-state index contributed by atoms with van der Waals surface area (Å²) < 4.78 is 16.7. The average Bonchev–Trinajstić information content (AvgIpc) is 3.00. The molecule has 1 atom stereocenters. The first-order chi connectivity index (χ1) is 12.1. The largest absolute Gasteiger partial charge is 0.497 e. The summed E-state index contributed by atoms with van der Waals surface area (Å²) >= 11 is 0. The fourth-order valence-electron chi connectivity index (χ4n) is 3.01. The second kappa shape index (κ2) is 6.97. The van der Waals surface area contributed by atoms with Gasteiger partial charge in [-0.2, -0.15) is 4.99 Å². The average molecular weight is 339 g/mol. The molecule has 5 heteroatoms. The first-order valence-electron chi connectivity index (χ1n) is 8.24. The predicted octanol–water partition coefficient (Wildman–Crippen LogP) is 3.70. The zero-order valence-corrected chi connectivity index (χ0v) is 14.6. The third-order valence-electron chi connectivity index (χ3n) is 4.26. The molecule has 0 unspecified atom stereocenters. The van der Waals surface area contributed by atoms with Gasteiger partial charge in [-0.1, -0.05) is 43.7 Å². The van der Waals surface area contributed by atoms with Gasteiger partial charge in [0, 0.05) is 23.6 Å². The van der Waals surface area contributed by atoms with Crippen LogP contribution in [0, 0.1) is 0 Å². The molecule has 0 saturated heterocycles. The van der Waals surface area contributed by atoms with Gasteiger partial charge in [-0.25, -0.2) is 0 Å². The Balaban J connectivity index is 2.02. The Morgan fingerprint density at radius 2 is 1.68 bits per heavy atom. The second-order valence-corrected chi connectivity index (χ2v) is 5.87. The highest BCUT2D eigenvalue weighted by Crippen LogP contribution is 2.38. The Morgan fingerprint density at radius 3 is 2.24 bits per heavy atom. The molecule has 0 N–H and O–H groups in total. The summed E-state index contributed by atoms with van der Waals surface area (Å²) in [5.74, 6) is 1.23. The minimum atomic E-state index is -1.07. The molecule has 0 fully saturated rings. The number of carbonyl (C=O) groups excluding carboxylic acids is 1. The highest BCUT2D eigenvalue weighted by atomic mass is 16.5. The second-order valence-electron chi connectivity index (χ2n) is 5.87. The number of hydrogen-bond acceptors (Lipinski definition) is 4. The molecule has 0 bridgehead atoms. The van der Waals surface area contributed by atoms with Crippen LogP contribution >= 0.6 is 0 Å². The number of hydrogen-bond donors (Lipinski definition) is 0. The van der Waals surface area contributed by atoms with Gasteiger partial charge in [0.05, 0.1) is 14.2 Å². The Labute approximate surface area is 147 Å². The smallest absolute Gasteiger partial charge is 0.297 e. The lowest BCUT2D eigenvalue weighted by molar-refractivity contribution is -0.132. The number of amides is 1. The molecule has 130 valence electrons. The summed E-state index contributed by atoms with van der Waals surface area (Å²) in [4.78, 5) is 17.0. The lowest BCUT2D eigenvalue weighted by Crippen LogP contribution is -2.34. The van der Waals surface area contributed by atoms with E-state index in [-0.39, 0.29) is 5.91 Å². The van der Waals surface area contributed by atoms with Crippen molar-refractivity contribution in [3.05, 3.63) is 59.7 Å². The van der Waals surface area contributed by atoms with Gasteiger partial charge in [-0.05, 0) is 12.1 Å². The molecule has 1 heterocycles. The summed E-state index contributed by atoms with van der Waals surface area (Å²) in [6.07, 6.45) is 1.36. The molecule has 0 spiro atoms. The van der Waals surface area contributed by atoms with E-state index in [0.29, 0.717) is 29.4 Å². The summed E-state index contributed by atoms with van der Waals surface area (Å²) in [6, 6.07) is 14.8. The Kier molecular flexibility index (Phi) is 4.74. The van der Waals surface area contributed by atoms with E-state index in [1.165, 1.54) is 0 Å². The molecule has 2 aromatic carbocycles. The zero-order chi connectivity index (χ0) is 17.9. The van der Waals surface area contributed by atoms with Gasteiger partial charge in [0.1, 0.15) is 11.5 Å². The van der Waals surface area contributed by atoms with Crippen molar-refractivity contribution in [3.8, 4) is 11.5 Å². The minimum Gasteiger partial charge on any atom is -0.497 e. The van der Waals surface area contributed by atoms with Crippen LogP contribution in [-0.2, 0) is 15.1 Å². The number of aliphatic imine (C=N–C) groups is 1. The van der Waals surface area contributed by atoms with Crippen molar-refractivity contribution in [1.29, 1.82) is 0 Å². The minimum absolute atomic E-state index is 0.280. The van der Waals surface area contributed by atoms with E-state index < -0.39 is 5.60 Å². The van der Waals surface area contributed by atoms with Gasteiger partial charge in [-0.3, -0.25) is 4.79 Å². The van der Waals surface area contributed by atoms with Crippen molar-refractivity contribution in [3.63, 3.8) is 0 Å². The van der Waals surface area contributed by atoms with Crippen molar-refractivity contribution in [2.75, 3.05) is 14.2 Å². The Morgan fingerprint density at radius 1 is 1.04 bits per heavy atom. The molecular weight excluding hydrogens is 318 g/mol. The predicted molar refractivity (Wildman–Crippen MR) is 95.2 cm³/mol. The molecule has 3 rings (SSSR count). The maximum Gasteiger partial charge on any atom is 0.297 e. The van der Waals surface area contributed by atoms with Crippen LogP contribution in [0.25, 0.3) is 0 Å². The van der Waals surface area contributed by atoms with E-state index in [2.05, 4.69) is 4.99 Å². The van der Waals surface area contributed by atoms with E-state index in [0.717, 1.165) is 12.0 Å². The van der Waals surface area contributed by atoms with Gasteiger partial charge in [0.15, 0.2) is 0 Å². The van der Waals surface area contributed by atoms with Crippen molar-refractivity contribution < 1.29 is 19.0 Å². The topological polar surface area (TPSA) is 57.1 Å². The van der Waals surface area contributed by atoms with Crippen molar-refractivity contribution in [2.45, 2.75) is 25.4 Å². The first kappa shape index (κ1) is 17.0. The lowest BCUT2D eigenvalue weighted by Gasteiger charge is -2.26. The van der Waals surface area contributed by atoms with Crippen LogP contribution < -0.4 is 9.47 Å². The number of carbonyl (C=O) groups is 1. The van der Waals surface area contributed by atoms with E-state index in [9.17, 15) is 4.79 Å². The van der Waals surface area contributed by atoms with Gasteiger partial charge in [-0.15, -0.1) is 0 Å². The molecule has 0 saturated carbocycles. The van der Waals surface area contributed by atoms with Gasteiger partial charge in [0.25, 0.3) is 5.91 Å². The van der Waals surface area contributed by atoms with Crippen molar-refractivity contribution >= 4 is 11.8 Å². The van der Waals surface area contributed by atoms with Gasteiger partial charge in [0.2, 0.25) is 11.5 Å². The number of methoxy groups -OCH3 is 2. The number of rotatable bonds is 6. The maximum atomic E-state index is 12.8. The van der Waals surface area contributed by atoms with Crippen molar-refractivity contribution in [2.24, 2.45) is 4.99 Å². The van der Waals surface area contributed by atoms with E-state index >= 15 is 0 Å². The third kappa shape index (κ3) is 3.09. The molecule has 5 nitrogen and oxygen atoms in total. The number of nitrogens with zero attached hydrogens (tertiary/aromatic N) is 1. The van der Waals surface area contributed by atoms with Crippen LogP contribution in [0.2, 0.25) is 0 Å². The van der Waals surface area contributed by atoms with Gasteiger partial charge < -0.3 is 14.2 Å². The van der Waals surface area contributed by atoms with Crippen LogP contribution in [0.1, 0.15) is 30.9 Å². The van der Waals surface area contributed by atoms with Crippen molar-refractivity contribution in [1.82, 2.24) is 0 Å². The first-order valence-corrected chi connectivity index (χ1v) is 8.24. The Hall–Kier alpha value is -2.82. The maximum absolute atomic E-state index is 12.8. The standard InChI is InChI=1S/C20H21NO4/c1-4-10-20(15-8-6-5-7-9-15)19(22)21-18(25-20)14-11-16(23-2)13-17(12-14)24-3/h5-9,11-13H,4,10H2,1-3H3/t20-/m1/s1. The highest BCUT2D eigenvalue weighted by molar-refractivity contribution is 6.09. The number of benzene rings is 2. The van der Waals surface area contributed by atoms with E-state index in [1.807, 2.05) is 37.3 Å². The zero-order valence-electron chi connectivity index (χ0n) is 14.6. The summed E-state index contributed by atoms with van der Waals surface area (Å²) in [5.41, 5.74) is 0.399. The molecule has 1 amide bonds. The number of ether oxygens (including phenoxy) is 3. The summed E-state index contributed by atoms with van der Waals surface area (Å²) in [6.45, 7) is 2.02. The van der Waals surface area contributed by atoms with Crippen LogP contribution in [-0.4, -0.2) is 26.0 Å². The fraction of sp³-hybridized carbons (Fsp3) is 0.300. The summed E-state index contributed by atoms with van der Waals surface area (Å²) in [5, 5.41) is 0. The molecule has 1 aliphatic rings. The fourth-order valence-corrected chi connectivity index (χ4v) is 3.01. The SMILES string of the molecule is CCC[C@]1(c2ccccc2)OC(c2cc(OC)cc(OC)c2)=NC1=O. The molecular formula is C20H21NO4. The summed E-state index contributed by atoms with van der Waals surface area (Å²) in [7, 11) is 3.15. The van der Waals surface area contributed by atoms with Crippen LogP contribution in [0.4, 0.5) is 0 Å². The monoisotopic (exact) mass is 339 g/mol. The quantitative estimate of drug-likeness (QED) is 0.805. The van der Waals surface area contributed by atoms with Gasteiger partial charge >= 0.3 is 0 Å². The third-order valence-corrected chi connectivity index (χ3v) is 4.26. The normalized spacial score (nSPS) is 19.3. The molecule has 1 aliphatic heterocycles. The van der Waals surface area contributed by atoms with Crippen LogP contribution in [0.15, 0.2) is 53.5 Å². The highest BCUT2D eigenvalue weighted by Gasteiger charge is 2.47. The molecule has 25 heavy (non-hydrogen) atoms. The van der Waals surface area contributed by atoms with Crippen LogP contribution in [0.5, 0.6) is 11.5 Å². The Bertz CT molecular complexity index is 778. The molecule has 0 radical (unpaired) electrons. The van der Waals surface area contributed by atoms with E-state index in [4.69, 9.17) is 14.2 Å². The molecule has 0 aliphatic carbocycles. The lowest BCUT2D eigenvalue weighted by atomic mass is 9.88. The molecule has 0 aromatic heterocycles. The van der Waals surface area contributed by atoms with Crippen LogP contribution in [0.3, 0.4) is 0 Å². The molecule has 2 aromatic rings.